The molecule has 0 saturated carbocycles. The Bertz CT molecular complexity index is 671. The minimum atomic E-state index is -0.997. The number of carbonyl (C=O) groups is 1. The smallest absolute Gasteiger partial charge is 0.328 e. The fourth-order valence-corrected chi connectivity index (χ4v) is 2.28. The molecule has 1 N–H and O–H groups in total. The molecule has 0 spiro atoms. The average molecular weight is 319 g/mol. The van der Waals surface area contributed by atoms with Crippen molar-refractivity contribution in [2.24, 2.45) is 0 Å². The number of allylic oxidation sites excluding steroid dienone is 2. The first-order valence-corrected chi connectivity index (χ1v) is 6.95. The maximum absolute atomic E-state index is 10.6. The summed E-state index contributed by atoms with van der Waals surface area (Å²) in [6, 6.07) is 14.7. The zero-order chi connectivity index (χ0) is 15.2. The van der Waals surface area contributed by atoms with Gasteiger partial charge in [-0.05, 0) is 41.0 Å². The lowest BCUT2D eigenvalue weighted by Crippen LogP contribution is -1.89. The number of rotatable bonds is 4. The second kappa shape index (κ2) is 7.11. The Labute approximate surface area is 132 Å². The normalized spacial score (nSPS) is 10.6. The first-order chi connectivity index (χ1) is 10.1. The summed E-state index contributed by atoms with van der Waals surface area (Å²) < 4.78 is 0. The molecule has 0 fully saturated rings. The maximum atomic E-state index is 10.6. The second-order valence-corrected chi connectivity index (χ2v) is 5.17. The van der Waals surface area contributed by atoms with E-state index in [4.69, 9.17) is 28.3 Å². The van der Waals surface area contributed by atoms with E-state index in [9.17, 15) is 4.79 Å². The highest BCUT2D eigenvalue weighted by Gasteiger charge is 2.05. The SMILES string of the molecule is O=C(O)/C=C/C=C(c1cccc(Cl)c1)c1cccc(Cl)c1. The lowest BCUT2D eigenvalue weighted by molar-refractivity contribution is -0.131. The van der Waals surface area contributed by atoms with Crippen molar-refractivity contribution in [3.63, 3.8) is 0 Å². The molecule has 0 aliphatic heterocycles. The van der Waals surface area contributed by atoms with Gasteiger partial charge < -0.3 is 5.11 Å². The van der Waals surface area contributed by atoms with Crippen LogP contribution >= 0.6 is 23.2 Å². The number of hydrogen-bond donors (Lipinski definition) is 1. The first-order valence-electron chi connectivity index (χ1n) is 6.19. The van der Waals surface area contributed by atoms with Crippen LogP contribution in [0.5, 0.6) is 0 Å². The summed E-state index contributed by atoms with van der Waals surface area (Å²) in [6.45, 7) is 0. The largest absolute Gasteiger partial charge is 0.478 e. The van der Waals surface area contributed by atoms with E-state index in [-0.39, 0.29) is 0 Å². The molecule has 21 heavy (non-hydrogen) atoms. The summed E-state index contributed by atoms with van der Waals surface area (Å²) in [5.74, 6) is -0.997. The molecule has 0 radical (unpaired) electrons. The summed E-state index contributed by atoms with van der Waals surface area (Å²) in [4.78, 5) is 10.6. The van der Waals surface area contributed by atoms with Crippen LogP contribution in [0.3, 0.4) is 0 Å². The predicted octanol–water partition coefficient (Wildman–Crippen LogP) is 5.07. The van der Waals surface area contributed by atoms with Crippen molar-refractivity contribution in [3.8, 4) is 0 Å². The van der Waals surface area contributed by atoms with Gasteiger partial charge in [-0.2, -0.15) is 0 Å². The van der Waals surface area contributed by atoms with Crippen molar-refractivity contribution >= 4 is 34.7 Å². The lowest BCUT2D eigenvalue weighted by atomic mass is 9.97. The number of aliphatic carboxylic acids is 1. The predicted molar refractivity (Wildman–Crippen MR) is 86.8 cm³/mol. The number of carboxylic acid groups (broad SMARTS) is 1. The Kier molecular flexibility index (Phi) is 5.20. The Morgan fingerprint density at radius 1 is 0.952 bits per heavy atom. The highest BCUT2D eigenvalue weighted by atomic mass is 35.5. The van der Waals surface area contributed by atoms with E-state index in [2.05, 4.69) is 0 Å². The second-order valence-electron chi connectivity index (χ2n) is 4.30. The lowest BCUT2D eigenvalue weighted by Gasteiger charge is -2.08. The van der Waals surface area contributed by atoms with Crippen molar-refractivity contribution in [1.29, 1.82) is 0 Å². The van der Waals surface area contributed by atoms with Crippen LogP contribution in [0.15, 0.2) is 66.8 Å². The van der Waals surface area contributed by atoms with Crippen LogP contribution in [-0.4, -0.2) is 11.1 Å². The van der Waals surface area contributed by atoms with Crippen LogP contribution in [0.25, 0.3) is 5.57 Å². The van der Waals surface area contributed by atoms with Gasteiger partial charge in [0.15, 0.2) is 0 Å². The van der Waals surface area contributed by atoms with Crippen molar-refractivity contribution < 1.29 is 9.90 Å². The fraction of sp³-hybridized carbons (Fsp3) is 0. The standard InChI is InChI=1S/C17H12Cl2O2/c18-14-6-1-4-12(10-14)16(8-3-9-17(20)21)13-5-2-7-15(19)11-13/h1-11H,(H,20,21)/b9-3+. The number of carboxylic acids is 1. The first kappa shape index (κ1) is 15.4. The molecule has 0 aliphatic carbocycles. The fourth-order valence-electron chi connectivity index (χ4n) is 1.90. The molecule has 2 rings (SSSR count). The van der Waals surface area contributed by atoms with Gasteiger partial charge in [0, 0.05) is 16.1 Å². The van der Waals surface area contributed by atoms with Gasteiger partial charge in [-0.25, -0.2) is 4.79 Å². The number of halogens is 2. The molecule has 4 heteroatoms. The summed E-state index contributed by atoms with van der Waals surface area (Å²) in [6.07, 6.45) is 4.29. The van der Waals surface area contributed by atoms with E-state index in [1.54, 1.807) is 18.2 Å². The molecule has 0 heterocycles. The molecule has 0 atom stereocenters. The zero-order valence-electron chi connectivity index (χ0n) is 11.0. The Balaban J connectivity index is 2.51. The van der Waals surface area contributed by atoms with Crippen LogP contribution in [0.1, 0.15) is 11.1 Å². The Morgan fingerprint density at radius 3 is 1.90 bits per heavy atom. The summed E-state index contributed by atoms with van der Waals surface area (Å²) in [5.41, 5.74) is 2.62. The van der Waals surface area contributed by atoms with Crippen LogP contribution in [0.4, 0.5) is 0 Å². The molecule has 2 aromatic rings. The van der Waals surface area contributed by atoms with Crippen molar-refractivity contribution in [3.05, 3.63) is 87.9 Å². The number of benzene rings is 2. The van der Waals surface area contributed by atoms with Crippen molar-refractivity contribution in [1.82, 2.24) is 0 Å². The monoisotopic (exact) mass is 318 g/mol. The van der Waals surface area contributed by atoms with Gasteiger partial charge in [-0.15, -0.1) is 0 Å². The van der Waals surface area contributed by atoms with E-state index >= 15 is 0 Å². The molecule has 2 aromatic carbocycles. The van der Waals surface area contributed by atoms with Crippen LogP contribution in [0.2, 0.25) is 10.0 Å². The van der Waals surface area contributed by atoms with E-state index < -0.39 is 5.97 Å². The molecule has 0 aromatic heterocycles. The molecule has 0 unspecified atom stereocenters. The van der Waals surface area contributed by atoms with Gasteiger partial charge in [-0.3, -0.25) is 0 Å². The van der Waals surface area contributed by atoms with Crippen molar-refractivity contribution in [2.45, 2.75) is 0 Å². The molecule has 0 aliphatic rings. The van der Waals surface area contributed by atoms with E-state index in [1.807, 2.05) is 36.4 Å². The van der Waals surface area contributed by atoms with Crippen LogP contribution in [0, 0.1) is 0 Å². The molecule has 0 amide bonds. The Morgan fingerprint density at radius 2 is 1.48 bits per heavy atom. The molecule has 2 nitrogen and oxygen atoms in total. The van der Waals surface area contributed by atoms with Gasteiger partial charge in [0.2, 0.25) is 0 Å². The number of hydrogen-bond acceptors (Lipinski definition) is 1. The summed E-state index contributed by atoms with van der Waals surface area (Å²) in [5, 5.41) is 9.92. The van der Waals surface area contributed by atoms with Gasteiger partial charge in [0.1, 0.15) is 0 Å². The maximum Gasteiger partial charge on any atom is 0.328 e. The highest BCUT2D eigenvalue weighted by Crippen LogP contribution is 2.27. The molecular weight excluding hydrogens is 307 g/mol. The van der Waals surface area contributed by atoms with E-state index in [0.717, 1.165) is 22.8 Å². The van der Waals surface area contributed by atoms with E-state index in [1.165, 1.54) is 6.08 Å². The summed E-state index contributed by atoms with van der Waals surface area (Å²) in [7, 11) is 0. The minimum Gasteiger partial charge on any atom is -0.478 e. The van der Waals surface area contributed by atoms with Crippen molar-refractivity contribution in [2.75, 3.05) is 0 Å². The van der Waals surface area contributed by atoms with Gasteiger partial charge in [0.25, 0.3) is 0 Å². The van der Waals surface area contributed by atoms with Gasteiger partial charge >= 0.3 is 5.97 Å². The average Bonchev–Trinajstić information content (AvgIpc) is 2.43. The summed E-state index contributed by atoms with van der Waals surface area (Å²) >= 11 is 12.1. The van der Waals surface area contributed by atoms with Gasteiger partial charge in [0.05, 0.1) is 0 Å². The highest BCUT2D eigenvalue weighted by molar-refractivity contribution is 6.31. The quantitative estimate of drug-likeness (QED) is 0.631. The van der Waals surface area contributed by atoms with Crippen LogP contribution in [-0.2, 0) is 4.79 Å². The zero-order valence-corrected chi connectivity index (χ0v) is 12.5. The van der Waals surface area contributed by atoms with Gasteiger partial charge in [-0.1, -0.05) is 59.6 Å². The topological polar surface area (TPSA) is 37.3 Å². The minimum absolute atomic E-state index is 0.614. The molecule has 0 bridgehead atoms. The molecule has 106 valence electrons. The third kappa shape index (κ3) is 4.48. The molecular formula is C17H12Cl2O2. The Hall–Kier alpha value is -2.03. The van der Waals surface area contributed by atoms with E-state index in [0.29, 0.717) is 10.0 Å². The molecule has 0 saturated heterocycles. The third-order valence-electron chi connectivity index (χ3n) is 2.77. The van der Waals surface area contributed by atoms with Crippen LogP contribution < -0.4 is 0 Å². The third-order valence-corrected chi connectivity index (χ3v) is 3.24.